The highest BCUT2D eigenvalue weighted by Gasteiger charge is 2.32. The molecule has 3 heterocycles. The van der Waals surface area contributed by atoms with Gasteiger partial charge in [0.2, 0.25) is 11.8 Å². The van der Waals surface area contributed by atoms with Crippen LogP contribution in [0.2, 0.25) is 0 Å². The van der Waals surface area contributed by atoms with Gasteiger partial charge in [0.1, 0.15) is 0 Å². The van der Waals surface area contributed by atoms with Crippen LogP contribution in [0.4, 0.5) is 5.13 Å². The van der Waals surface area contributed by atoms with Gasteiger partial charge in [-0.25, -0.2) is 4.98 Å². The molecule has 0 radical (unpaired) electrons. The van der Waals surface area contributed by atoms with E-state index < -0.39 is 0 Å². The molecule has 2 aliphatic heterocycles. The lowest BCUT2D eigenvalue weighted by Gasteiger charge is -2.35. The smallest absolute Gasteiger partial charge is 0.226 e. The summed E-state index contributed by atoms with van der Waals surface area (Å²) in [7, 11) is 0. The Labute approximate surface area is 178 Å². The first-order valence-electron chi connectivity index (χ1n) is 11.3. The summed E-state index contributed by atoms with van der Waals surface area (Å²) in [4.78, 5) is 37.9. The number of fused-ring (bicyclic) bond motifs is 1. The molecule has 2 fully saturated rings. The van der Waals surface area contributed by atoms with Crippen LogP contribution < -0.4 is 4.90 Å². The zero-order valence-electron chi connectivity index (χ0n) is 17.9. The number of hydrogen-bond acceptors (Lipinski definition) is 5. The topological polar surface area (TPSA) is 56.8 Å². The molecule has 0 aromatic carbocycles. The molecule has 0 saturated carbocycles. The lowest BCUT2D eigenvalue weighted by atomic mass is 9.90. The second-order valence-corrected chi connectivity index (χ2v) is 10.1. The van der Waals surface area contributed by atoms with Crippen LogP contribution in [0.5, 0.6) is 0 Å². The minimum atomic E-state index is 0.0624. The van der Waals surface area contributed by atoms with E-state index in [1.165, 1.54) is 23.4 Å². The lowest BCUT2D eigenvalue weighted by molar-refractivity contribution is -0.136. The van der Waals surface area contributed by atoms with Gasteiger partial charge >= 0.3 is 0 Å². The molecule has 160 valence electrons. The van der Waals surface area contributed by atoms with Crippen molar-refractivity contribution in [2.45, 2.75) is 58.8 Å². The molecule has 1 unspecified atom stereocenters. The number of piperazine rings is 1. The van der Waals surface area contributed by atoms with Crippen molar-refractivity contribution in [1.29, 1.82) is 0 Å². The number of carbonyl (C=O) groups excluding carboxylic acids is 2. The monoisotopic (exact) mass is 418 g/mol. The van der Waals surface area contributed by atoms with Crippen molar-refractivity contribution in [1.82, 2.24) is 14.8 Å². The van der Waals surface area contributed by atoms with Crippen LogP contribution in [0.3, 0.4) is 0 Å². The summed E-state index contributed by atoms with van der Waals surface area (Å²) in [6.07, 6.45) is 7.53. The van der Waals surface area contributed by atoms with Gasteiger partial charge in [-0.1, -0.05) is 26.7 Å². The number of thiazole rings is 1. The molecule has 4 rings (SSSR count). The molecule has 1 aromatic rings. The molecule has 1 aromatic heterocycles. The molecule has 29 heavy (non-hydrogen) atoms. The summed E-state index contributed by atoms with van der Waals surface area (Å²) in [5.41, 5.74) is 1.20. The Morgan fingerprint density at radius 2 is 1.66 bits per heavy atom. The van der Waals surface area contributed by atoms with Crippen molar-refractivity contribution < 1.29 is 9.59 Å². The summed E-state index contributed by atoms with van der Waals surface area (Å²) < 4.78 is 0. The lowest BCUT2D eigenvalue weighted by Crippen LogP contribution is -2.49. The van der Waals surface area contributed by atoms with Gasteiger partial charge < -0.3 is 14.7 Å². The molecule has 3 aliphatic rings. The van der Waals surface area contributed by atoms with Crippen molar-refractivity contribution >= 4 is 28.3 Å². The molecule has 0 N–H and O–H groups in total. The molecule has 2 saturated heterocycles. The summed E-state index contributed by atoms with van der Waals surface area (Å²) in [5, 5.41) is 1.08. The number of rotatable bonds is 3. The quantitative estimate of drug-likeness (QED) is 0.757. The third-order valence-electron chi connectivity index (χ3n) is 6.55. The second kappa shape index (κ2) is 9.02. The Bertz CT molecular complexity index is 731. The number of aromatic nitrogens is 1. The van der Waals surface area contributed by atoms with E-state index in [0.717, 1.165) is 76.5 Å². The number of nitrogens with zero attached hydrogens (tertiary/aromatic N) is 4. The van der Waals surface area contributed by atoms with Crippen LogP contribution in [-0.4, -0.2) is 65.9 Å². The van der Waals surface area contributed by atoms with E-state index in [1.54, 1.807) is 11.3 Å². The fourth-order valence-electron chi connectivity index (χ4n) is 4.74. The van der Waals surface area contributed by atoms with Crippen molar-refractivity contribution in [3.63, 3.8) is 0 Å². The number of aryl methyl sites for hydroxylation is 1. The first-order chi connectivity index (χ1) is 14.0. The third-order valence-corrected chi connectivity index (χ3v) is 7.73. The van der Waals surface area contributed by atoms with E-state index in [9.17, 15) is 9.59 Å². The maximum absolute atomic E-state index is 13.0. The van der Waals surface area contributed by atoms with Crippen LogP contribution in [0.15, 0.2) is 0 Å². The molecular weight excluding hydrogens is 384 g/mol. The fourth-order valence-corrected chi connectivity index (χ4v) is 5.98. The van der Waals surface area contributed by atoms with Crippen molar-refractivity contribution in [3.8, 4) is 0 Å². The molecular formula is C22H34N4O2S. The van der Waals surface area contributed by atoms with E-state index in [-0.39, 0.29) is 17.7 Å². The third kappa shape index (κ3) is 4.60. The molecule has 1 atom stereocenters. The highest BCUT2D eigenvalue weighted by atomic mass is 32.1. The van der Waals surface area contributed by atoms with E-state index >= 15 is 0 Å². The Balaban J connectivity index is 1.36. The minimum Gasteiger partial charge on any atom is -0.345 e. The van der Waals surface area contributed by atoms with Crippen LogP contribution in [0.25, 0.3) is 0 Å². The van der Waals surface area contributed by atoms with Gasteiger partial charge in [0, 0.05) is 56.0 Å². The summed E-state index contributed by atoms with van der Waals surface area (Å²) in [6.45, 7) is 9.06. The average molecular weight is 419 g/mol. The number of anilines is 1. The summed E-state index contributed by atoms with van der Waals surface area (Å²) in [5.74, 6) is 0.813. The summed E-state index contributed by atoms with van der Waals surface area (Å²) >= 11 is 1.77. The van der Waals surface area contributed by atoms with Crippen LogP contribution in [0.1, 0.15) is 56.5 Å². The van der Waals surface area contributed by atoms with Crippen LogP contribution in [-0.2, 0) is 22.4 Å². The molecule has 0 bridgehead atoms. The van der Waals surface area contributed by atoms with Crippen molar-refractivity contribution in [2.75, 3.05) is 44.2 Å². The molecule has 7 heteroatoms. The van der Waals surface area contributed by atoms with Gasteiger partial charge in [-0.3, -0.25) is 9.59 Å². The standard InChI is InChI=1S/C22H34N4O2S/c1-16(2)20(27)25-11-13-26(14-12-25)22-23-18-8-7-17(15-19(18)29-22)21(28)24-9-5-3-4-6-10-24/h16-17H,3-15H2,1-2H3. The predicted octanol–water partition coefficient (Wildman–Crippen LogP) is 2.96. The van der Waals surface area contributed by atoms with Crippen LogP contribution >= 0.6 is 11.3 Å². The first-order valence-corrected chi connectivity index (χ1v) is 12.2. The molecule has 6 nitrogen and oxygen atoms in total. The van der Waals surface area contributed by atoms with Gasteiger partial charge in [0.25, 0.3) is 0 Å². The number of hydrogen-bond donors (Lipinski definition) is 0. The molecule has 0 spiro atoms. The Morgan fingerprint density at radius 3 is 2.31 bits per heavy atom. The van der Waals surface area contributed by atoms with E-state index in [4.69, 9.17) is 4.98 Å². The van der Waals surface area contributed by atoms with E-state index in [2.05, 4.69) is 9.80 Å². The number of carbonyl (C=O) groups is 2. The zero-order valence-corrected chi connectivity index (χ0v) is 18.7. The molecule has 2 amide bonds. The molecule has 1 aliphatic carbocycles. The van der Waals surface area contributed by atoms with Gasteiger partial charge in [-0.05, 0) is 32.1 Å². The maximum Gasteiger partial charge on any atom is 0.226 e. The fraction of sp³-hybridized carbons (Fsp3) is 0.773. The van der Waals surface area contributed by atoms with Crippen molar-refractivity contribution in [2.24, 2.45) is 11.8 Å². The van der Waals surface area contributed by atoms with Gasteiger partial charge in [0.15, 0.2) is 5.13 Å². The van der Waals surface area contributed by atoms with Gasteiger partial charge in [-0.2, -0.15) is 0 Å². The SMILES string of the molecule is CC(C)C(=O)N1CCN(c2nc3c(s2)CC(C(=O)N2CCCCCC2)CC3)CC1. The second-order valence-electron chi connectivity index (χ2n) is 9.01. The average Bonchev–Trinajstić information content (AvgIpc) is 2.97. The Morgan fingerprint density at radius 1 is 0.966 bits per heavy atom. The largest absolute Gasteiger partial charge is 0.345 e. The summed E-state index contributed by atoms with van der Waals surface area (Å²) in [6, 6.07) is 0. The highest BCUT2D eigenvalue weighted by molar-refractivity contribution is 7.15. The van der Waals surface area contributed by atoms with Gasteiger partial charge in [-0.15, -0.1) is 11.3 Å². The zero-order chi connectivity index (χ0) is 20.4. The maximum atomic E-state index is 13.0. The number of amides is 2. The highest BCUT2D eigenvalue weighted by Crippen LogP contribution is 2.35. The number of likely N-dealkylation sites (tertiary alicyclic amines) is 1. The van der Waals surface area contributed by atoms with Crippen molar-refractivity contribution in [3.05, 3.63) is 10.6 Å². The predicted molar refractivity (Wildman–Crippen MR) is 116 cm³/mol. The van der Waals surface area contributed by atoms with E-state index in [1.807, 2.05) is 18.7 Å². The minimum absolute atomic E-state index is 0.0624. The normalized spacial score (nSPS) is 23.1. The van der Waals surface area contributed by atoms with Gasteiger partial charge in [0.05, 0.1) is 5.69 Å². The Kier molecular flexibility index (Phi) is 6.42. The first kappa shape index (κ1) is 20.6. The van der Waals surface area contributed by atoms with E-state index in [0.29, 0.717) is 5.91 Å². The Hall–Kier alpha value is -1.63. The van der Waals surface area contributed by atoms with Crippen LogP contribution in [0, 0.1) is 11.8 Å².